The molecule has 0 N–H and O–H groups in total. The zero-order chi connectivity index (χ0) is 9.03. The molecule has 1 rings (SSSR count). The molecule has 0 spiro atoms. The third-order valence-corrected chi connectivity index (χ3v) is 2.94. The van der Waals surface area contributed by atoms with Crippen LogP contribution in [0.15, 0.2) is 0 Å². The standard InChI is InChI=1S/C10H15NO/c1-10(7-11,8-12)9-5-3-2-4-6-9/h8-9H,2-6H2,1H3. The van der Waals surface area contributed by atoms with Crippen LogP contribution in [-0.2, 0) is 4.79 Å². The predicted molar refractivity (Wildman–Crippen MR) is 46.4 cm³/mol. The van der Waals surface area contributed by atoms with Gasteiger partial charge in [-0.05, 0) is 25.7 Å². The van der Waals surface area contributed by atoms with Gasteiger partial charge in [0.1, 0.15) is 11.7 Å². The number of aldehydes is 1. The van der Waals surface area contributed by atoms with Crippen LogP contribution in [0.5, 0.6) is 0 Å². The van der Waals surface area contributed by atoms with E-state index in [2.05, 4.69) is 6.07 Å². The van der Waals surface area contributed by atoms with Crippen molar-refractivity contribution in [3.05, 3.63) is 0 Å². The molecule has 1 atom stereocenters. The smallest absolute Gasteiger partial charge is 0.140 e. The van der Waals surface area contributed by atoms with E-state index < -0.39 is 5.41 Å². The van der Waals surface area contributed by atoms with Crippen LogP contribution in [0.1, 0.15) is 39.0 Å². The van der Waals surface area contributed by atoms with Crippen molar-refractivity contribution in [2.24, 2.45) is 11.3 Å². The summed E-state index contributed by atoms with van der Waals surface area (Å²) in [5.41, 5.74) is -0.722. The Morgan fingerprint density at radius 1 is 1.42 bits per heavy atom. The van der Waals surface area contributed by atoms with Crippen molar-refractivity contribution in [1.82, 2.24) is 0 Å². The minimum Gasteiger partial charge on any atom is -0.302 e. The van der Waals surface area contributed by atoms with Crippen molar-refractivity contribution in [1.29, 1.82) is 5.26 Å². The van der Waals surface area contributed by atoms with Crippen LogP contribution in [0, 0.1) is 22.7 Å². The maximum atomic E-state index is 10.7. The summed E-state index contributed by atoms with van der Waals surface area (Å²) in [4.78, 5) is 10.7. The van der Waals surface area contributed by atoms with E-state index in [9.17, 15) is 4.79 Å². The summed E-state index contributed by atoms with van der Waals surface area (Å²) >= 11 is 0. The average molecular weight is 165 g/mol. The quantitative estimate of drug-likeness (QED) is 0.589. The Morgan fingerprint density at radius 2 is 2.00 bits per heavy atom. The zero-order valence-electron chi connectivity index (χ0n) is 7.55. The highest BCUT2D eigenvalue weighted by Gasteiger charge is 2.34. The first-order valence-corrected chi connectivity index (χ1v) is 4.60. The minimum atomic E-state index is -0.722. The van der Waals surface area contributed by atoms with Gasteiger partial charge >= 0.3 is 0 Å². The monoisotopic (exact) mass is 165 g/mol. The van der Waals surface area contributed by atoms with Gasteiger partial charge < -0.3 is 4.79 Å². The molecular formula is C10H15NO. The van der Waals surface area contributed by atoms with Crippen molar-refractivity contribution < 1.29 is 4.79 Å². The molecule has 1 aliphatic carbocycles. The van der Waals surface area contributed by atoms with Crippen molar-refractivity contribution in [2.45, 2.75) is 39.0 Å². The maximum absolute atomic E-state index is 10.7. The van der Waals surface area contributed by atoms with E-state index in [4.69, 9.17) is 5.26 Å². The molecule has 2 nitrogen and oxygen atoms in total. The Labute approximate surface area is 73.6 Å². The number of carbonyl (C=O) groups excluding carboxylic acids is 1. The number of nitrogens with zero attached hydrogens (tertiary/aromatic N) is 1. The van der Waals surface area contributed by atoms with Crippen LogP contribution in [0.2, 0.25) is 0 Å². The summed E-state index contributed by atoms with van der Waals surface area (Å²) < 4.78 is 0. The Bertz CT molecular complexity index is 200. The van der Waals surface area contributed by atoms with E-state index >= 15 is 0 Å². The van der Waals surface area contributed by atoms with E-state index in [1.165, 1.54) is 19.3 Å². The van der Waals surface area contributed by atoms with E-state index in [1.807, 2.05) is 0 Å². The molecule has 0 bridgehead atoms. The summed E-state index contributed by atoms with van der Waals surface area (Å²) in [6, 6.07) is 2.13. The van der Waals surface area contributed by atoms with Gasteiger partial charge in [0.25, 0.3) is 0 Å². The largest absolute Gasteiger partial charge is 0.302 e. The Kier molecular flexibility index (Phi) is 2.86. The molecular weight excluding hydrogens is 150 g/mol. The lowest BCUT2D eigenvalue weighted by Gasteiger charge is -2.29. The summed E-state index contributed by atoms with van der Waals surface area (Å²) in [5.74, 6) is 0.300. The van der Waals surface area contributed by atoms with E-state index in [-0.39, 0.29) is 0 Å². The van der Waals surface area contributed by atoms with Crippen molar-refractivity contribution >= 4 is 6.29 Å². The van der Waals surface area contributed by atoms with Crippen molar-refractivity contribution in [3.63, 3.8) is 0 Å². The molecule has 0 aromatic rings. The second-order valence-electron chi connectivity index (χ2n) is 3.85. The minimum absolute atomic E-state index is 0.300. The zero-order valence-corrected chi connectivity index (χ0v) is 7.55. The van der Waals surface area contributed by atoms with Crippen LogP contribution < -0.4 is 0 Å². The van der Waals surface area contributed by atoms with E-state index in [0.717, 1.165) is 19.1 Å². The van der Waals surface area contributed by atoms with Gasteiger partial charge in [0.2, 0.25) is 0 Å². The third kappa shape index (κ3) is 1.66. The summed E-state index contributed by atoms with van der Waals surface area (Å²) in [7, 11) is 0. The summed E-state index contributed by atoms with van der Waals surface area (Å²) in [5, 5.41) is 8.86. The number of nitriles is 1. The maximum Gasteiger partial charge on any atom is 0.140 e. The number of carbonyl (C=O) groups is 1. The van der Waals surface area contributed by atoms with E-state index in [1.54, 1.807) is 6.92 Å². The third-order valence-electron chi connectivity index (χ3n) is 2.94. The number of hydrogen-bond donors (Lipinski definition) is 0. The second-order valence-corrected chi connectivity index (χ2v) is 3.85. The molecule has 0 saturated heterocycles. The Morgan fingerprint density at radius 3 is 2.42 bits per heavy atom. The normalized spacial score (nSPS) is 24.0. The fraction of sp³-hybridized carbons (Fsp3) is 0.800. The van der Waals surface area contributed by atoms with Crippen LogP contribution >= 0.6 is 0 Å². The molecule has 0 aromatic carbocycles. The summed E-state index contributed by atoms with van der Waals surface area (Å²) in [6.45, 7) is 1.76. The molecule has 0 heterocycles. The topological polar surface area (TPSA) is 40.9 Å². The first-order valence-electron chi connectivity index (χ1n) is 4.60. The van der Waals surface area contributed by atoms with Gasteiger partial charge in [0.05, 0.1) is 6.07 Å². The second kappa shape index (κ2) is 3.71. The lowest BCUT2D eigenvalue weighted by molar-refractivity contribution is -0.115. The fourth-order valence-electron chi connectivity index (χ4n) is 1.92. The molecule has 12 heavy (non-hydrogen) atoms. The highest BCUT2D eigenvalue weighted by molar-refractivity contribution is 5.63. The van der Waals surface area contributed by atoms with Crippen LogP contribution in [-0.4, -0.2) is 6.29 Å². The van der Waals surface area contributed by atoms with Gasteiger partial charge in [-0.3, -0.25) is 0 Å². The predicted octanol–water partition coefficient (Wildman–Crippen LogP) is 2.30. The Balaban J connectivity index is 2.65. The van der Waals surface area contributed by atoms with Crippen molar-refractivity contribution in [3.8, 4) is 6.07 Å². The molecule has 0 amide bonds. The van der Waals surface area contributed by atoms with Gasteiger partial charge in [0.15, 0.2) is 0 Å². The van der Waals surface area contributed by atoms with Gasteiger partial charge in [0, 0.05) is 0 Å². The number of rotatable bonds is 2. The molecule has 0 radical (unpaired) electrons. The summed E-state index contributed by atoms with van der Waals surface area (Å²) in [6.07, 6.45) is 6.52. The molecule has 1 fully saturated rings. The fourth-order valence-corrected chi connectivity index (χ4v) is 1.92. The lowest BCUT2D eigenvalue weighted by atomic mass is 9.72. The highest BCUT2D eigenvalue weighted by atomic mass is 16.1. The lowest BCUT2D eigenvalue weighted by Crippen LogP contribution is -2.29. The molecule has 2 heteroatoms. The van der Waals surface area contributed by atoms with Gasteiger partial charge in [-0.1, -0.05) is 19.3 Å². The molecule has 0 aliphatic heterocycles. The average Bonchev–Trinajstić information content (AvgIpc) is 2.18. The SMILES string of the molecule is CC(C#N)(C=O)C1CCCCC1. The molecule has 0 aromatic heterocycles. The van der Waals surface area contributed by atoms with Crippen LogP contribution in [0.25, 0.3) is 0 Å². The van der Waals surface area contributed by atoms with Gasteiger partial charge in [-0.15, -0.1) is 0 Å². The first-order chi connectivity index (χ1) is 5.73. The van der Waals surface area contributed by atoms with Crippen molar-refractivity contribution in [2.75, 3.05) is 0 Å². The van der Waals surface area contributed by atoms with Crippen LogP contribution in [0.4, 0.5) is 0 Å². The van der Waals surface area contributed by atoms with Crippen LogP contribution in [0.3, 0.4) is 0 Å². The number of hydrogen-bond acceptors (Lipinski definition) is 2. The van der Waals surface area contributed by atoms with Gasteiger partial charge in [-0.25, -0.2) is 0 Å². The molecule has 66 valence electrons. The molecule has 1 unspecified atom stereocenters. The van der Waals surface area contributed by atoms with E-state index in [0.29, 0.717) is 5.92 Å². The molecule has 1 aliphatic rings. The first kappa shape index (κ1) is 9.25. The highest BCUT2D eigenvalue weighted by Crippen LogP contribution is 2.36. The molecule has 1 saturated carbocycles. The van der Waals surface area contributed by atoms with Gasteiger partial charge in [-0.2, -0.15) is 5.26 Å². The Hall–Kier alpha value is -0.840.